The first kappa shape index (κ1) is 10.0. The molecule has 0 N–H and O–H groups in total. The lowest BCUT2D eigenvalue weighted by atomic mass is 10.5. The van der Waals surface area contributed by atoms with E-state index in [2.05, 4.69) is 0 Å². The zero-order valence-electron chi connectivity index (χ0n) is 6.49. The van der Waals surface area contributed by atoms with E-state index in [1.165, 1.54) is 0 Å². The van der Waals surface area contributed by atoms with Crippen molar-refractivity contribution in [2.45, 2.75) is 25.9 Å². The van der Waals surface area contributed by atoms with Gasteiger partial charge in [0.25, 0.3) is 0 Å². The minimum Gasteiger partial charge on any atom is -0.382 e. The summed E-state index contributed by atoms with van der Waals surface area (Å²) in [4.78, 5) is 0. The smallest absolute Gasteiger partial charge is 0.382 e. The molecule has 0 fully saturated rings. The highest BCUT2D eigenvalue weighted by atomic mass is 28.4. The van der Waals surface area contributed by atoms with Gasteiger partial charge in [-0.3, -0.25) is 8.22 Å². The van der Waals surface area contributed by atoms with Gasteiger partial charge >= 0.3 is 8.74 Å². The molecule has 0 aliphatic carbocycles. The summed E-state index contributed by atoms with van der Waals surface area (Å²) in [7, 11) is -3.79. The van der Waals surface area contributed by atoms with Crippen LogP contribution in [0.15, 0.2) is 0 Å². The molecule has 0 aromatic carbocycles. The van der Waals surface area contributed by atoms with Crippen LogP contribution in [0.5, 0.6) is 0 Å². The van der Waals surface area contributed by atoms with Gasteiger partial charge in [0.05, 0.1) is 0 Å². The number of hydrogen-bond acceptors (Lipinski definition) is 1. The highest BCUT2D eigenvalue weighted by molar-refractivity contribution is 6.64. The summed E-state index contributed by atoms with van der Waals surface area (Å²) in [5, 5.41) is 0. The van der Waals surface area contributed by atoms with E-state index in [1.807, 2.05) is 6.92 Å². The maximum atomic E-state index is 12.2. The van der Waals surface area contributed by atoms with E-state index in [-0.39, 0.29) is 6.04 Å². The molecule has 0 bridgehead atoms. The van der Waals surface area contributed by atoms with Crippen molar-refractivity contribution in [2.75, 3.05) is 13.2 Å². The molecule has 0 spiro atoms. The fourth-order valence-electron chi connectivity index (χ4n) is 0.629. The number of rotatable bonds is 5. The number of halogens is 2. The van der Waals surface area contributed by atoms with Gasteiger partial charge in [0, 0.05) is 19.3 Å². The van der Waals surface area contributed by atoms with Crippen molar-refractivity contribution in [2.24, 2.45) is 0 Å². The van der Waals surface area contributed by atoms with Crippen LogP contribution in [-0.4, -0.2) is 22.0 Å². The van der Waals surface area contributed by atoms with E-state index in [9.17, 15) is 8.22 Å². The van der Waals surface area contributed by atoms with E-state index in [4.69, 9.17) is 4.74 Å². The topological polar surface area (TPSA) is 9.23 Å². The van der Waals surface area contributed by atoms with Crippen LogP contribution in [0.3, 0.4) is 0 Å². The lowest BCUT2D eigenvalue weighted by molar-refractivity contribution is 0.147. The van der Waals surface area contributed by atoms with Gasteiger partial charge in [-0.05, 0) is 19.9 Å². The summed E-state index contributed by atoms with van der Waals surface area (Å²) in [5.74, 6) is 0. The second-order valence-electron chi connectivity index (χ2n) is 2.37. The quantitative estimate of drug-likeness (QED) is 0.348. The zero-order chi connectivity index (χ0) is 8.04. The lowest BCUT2D eigenvalue weighted by Gasteiger charge is -2.05. The minimum absolute atomic E-state index is 0.0625. The molecule has 62 valence electrons. The highest BCUT2D eigenvalue weighted by Crippen LogP contribution is 2.14. The zero-order valence-corrected chi connectivity index (χ0v) is 7.49. The summed E-state index contributed by atoms with van der Waals surface area (Å²) >= 11 is 0. The fraction of sp³-hybridized carbons (Fsp3) is 1.00. The second-order valence-corrected chi connectivity index (χ2v) is 5.01. The first-order valence-electron chi connectivity index (χ1n) is 3.52. The van der Waals surface area contributed by atoms with Crippen LogP contribution < -0.4 is 0 Å². The van der Waals surface area contributed by atoms with Crippen LogP contribution in [0, 0.1) is 0 Å². The van der Waals surface area contributed by atoms with Crippen molar-refractivity contribution in [3.8, 4) is 0 Å². The largest absolute Gasteiger partial charge is 0.422 e. The third-order valence-electron chi connectivity index (χ3n) is 1.11. The molecule has 0 amide bonds. The minimum atomic E-state index is -3.79. The lowest BCUT2D eigenvalue weighted by Crippen LogP contribution is -2.16. The Labute approximate surface area is 61.7 Å². The van der Waals surface area contributed by atoms with Crippen LogP contribution in [-0.2, 0) is 4.74 Å². The van der Waals surface area contributed by atoms with Crippen molar-refractivity contribution in [3.05, 3.63) is 0 Å². The molecule has 0 aromatic rings. The Hall–Kier alpha value is 0.0369. The summed E-state index contributed by atoms with van der Waals surface area (Å²) in [5.41, 5.74) is 0. The van der Waals surface area contributed by atoms with Gasteiger partial charge in [-0.1, -0.05) is 0 Å². The van der Waals surface area contributed by atoms with Crippen LogP contribution in [0.1, 0.15) is 13.3 Å². The average molecular weight is 168 g/mol. The first-order chi connectivity index (χ1) is 4.56. The van der Waals surface area contributed by atoms with E-state index >= 15 is 0 Å². The van der Waals surface area contributed by atoms with Crippen molar-refractivity contribution in [1.29, 1.82) is 0 Å². The molecule has 0 aliphatic heterocycles. The Kier molecular flexibility index (Phi) is 4.81. The molecule has 0 radical (unpaired) electrons. The molecule has 0 aromatic heterocycles. The SMILES string of the molecule is CCOCCC[Si](C)(F)F. The van der Waals surface area contributed by atoms with Gasteiger partial charge in [0.2, 0.25) is 0 Å². The van der Waals surface area contributed by atoms with Gasteiger partial charge in [-0.15, -0.1) is 0 Å². The maximum Gasteiger partial charge on any atom is 0.422 e. The normalized spacial score (nSPS) is 12.0. The van der Waals surface area contributed by atoms with Crippen LogP contribution in [0.4, 0.5) is 8.22 Å². The predicted octanol–water partition coefficient (Wildman–Crippen LogP) is 2.42. The Balaban J connectivity index is 3.04. The molecule has 10 heavy (non-hydrogen) atoms. The fourth-order valence-corrected chi connectivity index (χ4v) is 1.39. The summed E-state index contributed by atoms with van der Waals surface area (Å²) in [6.45, 7) is 4.03. The molecular formula is C6H14F2OSi. The van der Waals surface area contributed by atoms with Gasteiger partial charge in [-0.25, -0.2) is 0 Å². The molecule has 0 saturated heterocycles. The summed E-state index contributed by atoms with van der Waals surface area (Å²) in [6.07, 6.45) is 0.504. The monoisotopic (exact) mass is 168 g/mol. The molecular weight excluding hydrogens is 154 g/mol. The predicted molar refractivity (Wildman–Crippen MR) is 39.8 cm³/mol. The molecule has 0 atom stereocenters. The molecule has 0 rings (SSSR count). The van der Waals surface area contributed by atoms with Crippen LogP contribution >= 0.6 is 0 Å². The third kappa shape index (κ3) is 8.04. The Bertz CT molecular complexity index is 82.3. The molecule has 0 heterocycles. The van der Waals surface area contributed by atoms with Crippen LogP contribution in [0.2, 0.25) is 12.6 Å². The third-order valence-corrected chi connectivity index (χ3v) is 2.34. The number of hydrogen-bond donors (Lipinski definition) is 0. The van der Waals surface area contributed by atoms with Gasteiger partial charge in [0.15, 0.2) is 0 Å². The Morgan fingerprint density at radius 2 is 2.00 bits per heavy atom. The first-order valence-corrected chi connectivity index (χ1v) is 5.98. The summed E-state index contributed by atoms with van der Waals surface area (Å²) < 4.78 is 29.4. The summed E-state index contributed by atoms with van der Waals surface area (Å²) in [6, 6.07) is 0.0625. The maximum absolute atomic E-state index is 12.2. The van der Waals surface area contributed by atoms with Gasteiger partial charge in [-0.2, -0.15) is 0 Å². The second kappa shape index (κ2) is 4.79. The van der Waals surface area contributed by atoms with Gasteiger partial charge in [0.1, 0.15) is 0 Å². The van der Waals surface area contributed by atoms with Crippen molar-refractivity contribution < 1.29 is 13.0 Å². The standard InChI is InChI=1S/C6H14F2OSi/c1-3-9-5-4-6-10(2,7)8/h3-6H2,1-2H3. The van der Waals surface area contributed by atoms with E-state index in [1.54, 1.807) is 0 Å². The van der Waals surface area contributed by atoms with Crippen molar-refractivity contribution >= 4 is 8.74 Å². The molecule has 0 aliphatic rings. The van der Waals surface area contributed by atoms with E-state index < -0.39 is 8.74 Å². The number of ether oxygens (including phenoxy) is 1. The van der Waals surface area contributed by atoms with E-state index in [0.29, 0.717) is 19.6 Å². The molecule has 4 heteroatoms. The van der Waals surface area contributed by atoms with E-state index in [0.717, 1.165) is 6.55 Å². The Morgan fingerprint density at radius 3 is 2.40 bits per heavy atom. The van der Waals surface area contributed by atoms with Crippen LogP contribution in [0.25, 0.3) is 0 Å². The molecule has 0 saturated carbocycles. The Morgan fingerprint density at radius 1 is 1.40 bits per heavy atom. The van der Waals surface area contributed by atoms with Gasteiger partial charge < -0.3 is 4.74 Å². The molecule has 1 nitrogen and oxygen atoms in total. The highest BCUT2D eigenvalue weighted by Gasteiger charge is 2.26. The average Bonchev–Trinajstić information content (AvgIpc) is 1.78. The molecule has 0 unspecified atom stereocenters. The van der Waals surface area contributed by atoms with Crippen molar-refractivity contribution in [1.82, 2.24) is 0 Å². The van der Waals surface area contributed by atoms with Crippen molar-refractivity contribution in [3.63, 3.8) is 0 Å².